The van der Waals surface area contributed by atoms with Gasteiger partial charge in [-0.25, -0.2) is 0 Å². The minimum absolute atomic E-state index is 0.315. The van der Waals surface area contributed by atoms with Gasteiger partial charge in [0.1, 0.15) is 11.5 Å². The highest BCUT2D eigenvalue weighted by Gasteiger charge is 2.13. The summed E-state index contributed by atoms with van der Waals surface area (Å²) in [6, 6.07) is 18.6. The molecule has 0 fully saturated rings. The fraction of sp³-hybridized carbons (Fsp3) is 0.438. The molecule has 0 atom stereocenters. The first-order chi connectivity index (χ1) is 16.5. The van der Waals surface area contributed by atoms with Gasteiger partial charge in [-0.2, -0.15) is 0 Å². The van der Waals surface area contributed by atoms with Gasteiger partial charge in [0.2, 0.25) is 0 Å². The second-order valence-electron chi connectivity index (χ2n) is 9.64. The van der Waals surface area contributed by atoms with E-state index in [0.717, 1.165) is 54.4 Å². The number of benzene rings is 3. The largest absolute Gasteiger partial charge is 0.507 e. The Labute approximate surface area is 206 Å². The van der Waals surface area contributed by atoms with E-state index in [1.54, 1.807) is 0 Å². The molecule has 0 aliphatic rings. The molecular weight excluding hydrogens is 416 g/mol. The maximum atomic E-state index is 10.8. The molecule has 0 saturated carbocycles. The van der Waals surface area contributed by atoms with Crippen LogP contribution >= 0.6 is 0 Å². The Morgan fingerprint density at radius 1 is 0.471 bits per heavy atom. The third-order valence-corrected chi connectivity index (χ3v) is 6.69. The molecule has 2 heteroatoms. The Balaban J connectivity index is 2.03. The second kappa shape index (κ2) is 13.2. The number of hydrogen-bond donors (Lipinski definition) is 2. The van der Waals surface area contributed by atoms with E-state index < -0.39 is 0 Å². The van der Waals surface area contributed by atoms with Crippen LogP contribution in [0.2, 0.25) is 0 Å². The summed E-state index contributed by atoms with van der Waals surface area (Å²) in [6.07, 6.45) is 12.5. The van der Waals surface area contributed by atoms with Crippen LogP contribution in [0.3, 0.4) is 0 Å². The summed E-state index contributed by atoms with van der Waals surface area (Å²) >= 11 is 0. The highest BCUT2D eigenvalue weighted by molar-refractivity contribution is 5.80. The van der Waals surface area contributed by atoms with Crippen molar-refractivity contribution >= 4 is 0 Å². The number of unbranched alkanes of at least 4 members (excludes halogenated alkanes) is 5. The van der Waals surface area contributed by atoms with Crippen LogP contribution in [-0.4, -0.2) is 10.2 Å². The molecule has 3 rings (SSSR count). The van der Waals surface area contributed by atoms with Crippen LogP contribution in [0.25, 0.3) is 22.3 Å². The minimum atomic E-state index is 0.315. The summed E-state index contributed by atoms with van der Waals surface area (Å²) in [4.78, 5) is 0. The first-order valence-electron chi connectivity index (χ1n) is 13.3. The highest BCUT2D eigenvalue weighted by Crippen LogP contribution is 2.37. The number of hydrogen-bond acceptors (Lipinski definition) is 2. The zero-order valence-corrected chi connectivity index (χ0v) is 21.4. The van der Waals surface area contributed by atoms with Gasteiger partial charge >= 0.3 is 0 Å². The zero-order valence-electron chi connectivity index (χ0n) is 21.4. The molecule has 0 unspecified atom stereocenters. The van der Waals surface area contributed by atoms with E-state index in [1.165, 1.54) is 55.2 Å². The molecule has 0 aromatic heterocycles. The summed E-state index contributed by atoms with van der Waals surface area (Å²) in [7, 11) is 0. The van der Waals surface area contributed by atoms with Gasteiger partial charge in [-0.15, -0.1) is 0 Å². The fourth-order valence-corrected chi connectivity index (χ4v) is 4.63. The monoisotopic (exact) mass is 458 g/mol. The number of aryl methyl sites for hydroxylation is 3. The van der Waals surface area contributed by atoms with E-state index in [1.807, 2.05) is 24.3 Å². The first-order valence-corrected chi connectivity index (χ1v) is 13.3. The molecular formula is C32H42O2. The molecule has 0 aliphatic carbocycles. The maximum absolute atomic E-state index is 10.8. The number of phenols is 2. The Hall–Kier alpha value is -2.74. The van der Waals surface area contributed by atoms with Crippen LogP contribution in [0, 0.1) is 0 Å². The molecule has 0 bridgehead atoms. The maximum Gasteiger partial charge on any atom is 0.123 e. The van der Waals surface area contributed by atoms with Crippen LogP contribution in [0.15, 0.2) is 54.6 Å². The lowest BCUT2D eigenvalue weighted by atomic mass is 9.91. The van der Waals surface area contributed by atoms with Crippen molar-refractivity contribution in [2.75, 3.05) is 0 Å². The molecule has 182 valence electrons. The Bertz CT molecular complexity index is 973. The van der Waals surface area contributed by atoms with E-state index in [9.17, 15) is 10.2 Å². The summed E-state index contributed by atoms with van der Waals surface area (Å²) in [5.41, 5.74) is 7.59. The minimum Gasteiger partial charge on any atom is -0.507 e. The normalized spacial score (nSPS) is 11.1. The Kier molecular flexibility index (Phi) is 10.1. The number of aromatic hydroxyl groups is 2. The van der Waals surface area contributed by atoms with Gasteiger partial charge in [-0.1, -0.05) is 77.1 Å². The van der Waals surface area contributed by atoms with Crippen LogP contribution in [0.4, 0.5) is 0 Å². The lowest BCUT2D eigenvalue weighted by Gasteiger charge is -2.14. The van der Waals surface area contributed by atoms with Crippen LogP contribution in [-0.2, 0) is 19.3 Å². The lowest BCUT2D eigenvalue weighted by molar-refractivity contribution is 0.477. The molecule has 0 saturated heterocycles. The predicted molar refractivity (Wildman–Crippen MR) is 146 cm³/mol. The molecule has 0 aliphatic heterocycles. The smallest absolute Gasteiger partial charge is 0.123 e. The van der Waals surface area contributed by atoms with Crippen molar-refractivity contribution in [1.29, 1.82) is 0 Å². The highest BCUT2D eigenvalue weighted by atomic mass is 16.3. The third kappa shape index (κ3) is 7.13. The molecule has 2 nitrogen and oxygen atoms in total. The van der Waals surface area contributed by atoms with Crippen molar-refractivity contribution in [1.82, 2.24) is 0 Å². The van der Waals surface area contributed by atoms with Gasteiger partial charge < -0.3 is 10.2 Å². The van der Waals surface area contributed by atoms with Gasteiger partial charge in [0, 0.05) is 11.1 Å². The van der Waals surface area contributed by atoms with Crippen molar-refractivity contribution in [3.8, 4) is 33.8 Å². The average Bonchev–Trinajstić information content (AvgIpc) is 2.85. The van der Waals surface area contributed by atoms with Crippen molar-refractivity contribution in [3.63, 3.8) is 0 Å². The standard InChI is InChI=1S/C32H42O2/c1-4-7-10-13-24-15-17-31(33)29(21-24)27-19-26(12-9-6-3)20-28(23-27)30-22-25(14-11-8-5-2)16-18-32(30)34/h15-23,33-34H,4-14H2,1-3H3. The van der Waals surface area contributed by atoms with Crippen LogP contribution in [0.5, 0.6) is 11.5 Å². The van der Waals surface area contributed by atoms with E-state index in [-0.39, 0.29) is 0 Å². The molecule has 3 aromatic rings. The van der Waals surface area contributed by atoms with Crippen molar-refractivity contribution < 1.29 is 10.2 Å². The molecule has 0 spiro atoms. The quantitative estimate of drug-likeness (QED) is 0.251. The lowest BCUT2D eigenvalue weighted by Crippen LogP contribution is -1.93. The third-order valence-electron chi connectivity index (χ3n) is 6.69. The number of rotatable bonds is 13. The van der Waals surface area contributed by atoms with E-state index in [2.05, 4.69) is 51.1 Å². The van der Waals surface area contributed by atoms with Gasteiger partial charge in [0.15, 0.2) is 0 Å². The Morgan fingerprint density at radius 3 is 1.35 bits per heavy atom. The average molecular weight is 459 g/mol. The van der Waals surface area contributed by atoms with Gasteiger partial charge in [-0.05, 0) is 96.7 Å². The molecule has 34 heavy (non-hydrogen) atoms. The van der Waals surface area contributed by atoms with E-state index in [0.29, 0.717) is 11.5 Å². The van der Waals surface area contributed by atoms with Crippen molar-refractivity contribution in [3.05, 3.63) is 71.3 Å². The predicted octanol–water partition coefficient (Wildman–Crippen LogP) is 9.24. The van der Waals surface area contributed by atoms with Gasteiger partial charge in [-0.3, -0.25) is 0 Å². The van der Waals surface area contributed by atoms with Gasteiger partial charge in [0.25, 0.3) is 0 Å². The van der Waals surface area contributed by atoms with E-state index in [4.69, 9.17) is 0 Å². The summed E-state index contributed by atoms with van der Waals surface area (Å²) in [5, 5.41) is 21.5. The summed E-state index contributed by atoms with van der Waals surface area (Å²) < 4.78 is 0. The van der Waals surface area contributed by atoms with Gasteiger partial charge in [0.05, 0.1) is 0 Å². The van der Waals surface area contributed by atoms with Crippen molar-refractivity contribution in [2.24, 2.45) is 0 Å². The summed E-state index contributed by atoms with van der Waals surface area (Å²) in [6.45, 7) is 6.65. The molecule has 0 radical (unpaired) electrons. The zero-order chi connectivity index (χ0) is 24.3. The number of phenolic OH excluding ortho intramolecular Hbond substituents is 2. The van der Waals surface area contributed by atoms with Crippen molar-refractivity contribution in [2.45, 2.75) is 91.4 Å². The summed E-state index contributed by atoms with van der Waals surface area (Å²) in [5.74, 6) is 0.630. The second-order valence-corrected chi connectivity index (χ2v) is 9.64. The van der Waals surface area contributed by atoms with Crippen LogP contribution < -0.4 is 0 Å². The topological polar surface area (TPSA) is 40.5 Å². The SMILES string of the molecule is CCCCCc1ccc(O)c(-c2cc(CCCC)cc(-c3cc(CCCCC)ccc3O)c2)c1. The molecule has 3 aromatic carbocycles. The van der Waals surface area contributed by atoms with E-state index >= 15 is 0 Å². The van der Waals surface area contributed by atoms with Crippen LogP contribution in [0.1, 0.15) is 88.8 Å². The fourth-order valence-electron chi connectivity index (χ4n) is 4.63. The molecule has 2 N–H and O–H groups in total. The molecule has 0 amide bonds. The first kappa shape index (κ1) is 25.9. The molecule has 0 heterocycles. The Morgan fingerprint density at radius 2 is 0.912 bits per heavy atom.